The van der Waals surface area contributed by atoms with Gasteiger partial charge in [-0.2, -0.15) is 5.26 Å². The van der Waals surface area contributed by atoms with Crippen LogP contribution in [0.15, 0.2) is 24.3 Å². The SMILES string of the molecule is CCC(CC)NCc1ccccc1OCC#N. The minimum absolute atomic E-state index is 0.0992. The van der Waals surface area contributed by atoms with E-state index in [-0.39, 0.29) is 6.61 Å². The van der Waals surface area contributed by atoms with Crippen LogP contribution in [-0.2, 0) is 6.54 Å². The number of benzene rings is 1. The van der Waals surface area contributed by atoms with Gasteiger partial charge in [-0.1, -0.05) is 32.0 Å². The molecule has 3 heteroatoms. The number of hydrogen-bond acceptors (Lipinski definition) is 3. The summed E-state index contributed by atoms with van der Waals surface area (Å²) in [6, 6.07) is 10.4. The Kier molecular flexibility index (Phi) is 6.13. The third kappa shape index (κ3) is 4.46. The summed E-state index contributed by atoms with van der Waals surface area (Å²) < 4.78 is 5.38. The van der Waals surface area contributed by atoms with Gasteiger partial charge in [-0.15, -0.1) is 0 Å². The fourth-order valence-corrected chi connectivity index (χ4v) is 1.73. The second-order valence-corrected chi connectivity index (χ2v) is 3.95. The molecule has 3 nitrogen and oxygen atoms in total. The van der Waals surface area contributed by atoms with Gasteiger partial charge >= 0.3 is 0 Å². The third-order valence-electron chi connectivity index (χ3n) is 2.83. The lowest BCUT2D eigenvalue weighted by Crippen LogP contribution is -2.27. The second kappa shape index (κ2) is 7.70. The Morgan fingerprint density at radius 2 is 2.00 bits per heavy atom. The lowest BCUT2D eigenvalue weighted by molar-refractivity contribution is 0.360. The number of hydrogen-bond donors (Lipinski definition) is 1. The van der Waals surface area contributed by atoms with Gasteiger partial charge in [0.15, 0.2) is 6.61 Å². The van der Waals surface area contributed by atoms with E-state index in [4.69, 9.17) is 10.00 Å². The molecule has 1 N–H and O–H groups in total. The molecule has 0 aliphatic heterocycles. The molecule has 0 amide bonds. The molecule has 0 saturated heterocycles. The van der Waals surface area contributed by atoms with Crippen LogP contribution >= 0.6 is 0 Å². The average Bonchev–Trinajstić information content (AvgIpc) is 2.38. The summed E-state index contributed by atoms with van der Waals surface area (Å²) in [5.41, 5.74) is 1.11. The molecule has 0 radical (unpaired) electrons. The molecule has 17 heavy (non-hydrogen) atoms. The van der Waals surface area contributed by atoms with Gasteiger partial charge in [-0.05, 0) is 18.9 Å². The van der Waals surface area contributed by atoms with Crippen molar-refractivity contribution >= 4 is 0 Å². The summed E-state index contributed by atoms with van der Waals surface area (Å²) in [5.74, 6) is 0.799. The zero-order chi connectivity index (χ0) is 12.5. The Bertz CT molecular complexity index is 367. The van der Waals surface area contributed by atoms with E-state index in [1.54, 1.807) is 0 Å². The predicted molar refractivity (Wildman–Crippen MR) is 68.8 cm³/mol. The molecule has 92 valence electrons. The molecule has 0 unspecified atom stereocenters. The third-order valence-corrected chi connectivity index (χ3v) is 2.83. The van der Waals surface area contributed by atoms with Crippen molar-refractivity contribution in [2.75, 3.05) is 6.61 Å². The molecule has 0 bridgehead atoms. The lowest BCUT2D eigenvalue weighted by atomic mass is 10.1. The van der Waals surface area contributed by atoms with Crippen molar-refractivity contribution < 1.29 is 4.74 Å². The van der Waals surface area contributed by atoms with Crippen LogP contribution in [0.5, 0.6) is 5.75 Å². The van der Waals surface area contributed by atoms with Crippen molar-refractivity contribution in [2.45, 2.75) is 39.3 Å². The lowest BCUT2D eigenvalue weighted by Gasteiger charge is -2.16. The molecule has 0 aromatic heterocycles. The predicted octanol–water partition coefficient (Wildman–Crippen LogP) is 2.87. The van der Waals surface area contributed by atoms with Gasteiger partial charge in [0.1, 0.15) is 11.8 Å². The van der Waals surface area contributed by atoms with Crippen LogP contribution in [0.4, 0.5) is 0 Å². The maximum absolute atomic E-state index is 8.52. The molecule has 0 heterocycles. The molecule has 0 fully saturated rings. The van der Waals surface area contributed by atoms with Crippen LogP contribution in [0, 0.1) is 11.3 Å². The van der Waals surface area contributed by atoms with Gasteiger partial charge in [0.25, 0.3) is 0 Å². The summed E-state index contributed by atoms with van der Waals surface area (Å²) in [7, 11) is 0. The topological polar surface area (TPSA) is 45.0 Å². The number of rotatable bonds is 7. The van der Waals surface area contributed by atoms with Crippen molar-refractivity contribution in [3.8, 4) is 11.8 Å². The van der Waals surface area contributed by atoms with Crippen LogP contribution in [0.3, 0.4) is 0 Å². The summed E-state index contributed by atoms with van der Waals surface area (Å²) in [6.45, 7) is 5.24. The first-order chi connectivity index (χ1) is 8.31. The summed E-state index contributed by atoms with van der Waals surface area (Å²) in [5, 5.41) is 12.0. The van der Waals surface area contributed by atoms with E-state index in [0.29, 0.717) is 6.04 Å². The first-order valence-corrected chi connectivity index (χ1v) is 6.12. The quantitative estimate of drug-likeness (QED) is 0.786. The van der Waals surface area contributed by atoms with Gasteiger partial charge in [0.05, 0.1) is 0 Å². The monoisotopic (exact) mass is 232 g/mol. The summed E-state index contributed by atoms with van der Waals surface area (Å²) >= 11 is 0. The smallest absolute Gasteiger partial charge is 0.174 e. The maximum Gasteiger partial charge on any atom is 0.174 e. The van der Waals surface area contributed by atoms with Gasteiger partial charge in [0.2, 0.25) is 0 Å². The number of nitriles is 1. The Balaban J connectivity index is 2.60. The molecule has 1 rings (SSSR count). The molecule has 0 atom stereocenters. The zero-order valence-corrected chi connectivity index (χ0v) is 10.6. The second-order valence-electron chi connectivity index (χ2n) is 3.95. The van der Waals surface area contributed by atoms with E-state index >= 15 is 0 Å². The van der Waals surface area contributed by atoms with E-state index in [1.807, 2.05) is 30.3 Å². The number of nitrogens with one attached hydrogen (secondary N) is 1. The number of para-hydroxylation sites is 1. The van der Waals surface area contributed by atoms with Crippen LogP contribution in [-0.4, -0.2) is 12.6 Å². The Labute approximate surface area is 103 Å². The molecule has 0 spiro atoms. The Morgan fingerprint density at radius 1 is 1.29 bits per heavy atom. The number of nitrogens with zero attached hydrogens (tertiary/aromatic N) is 1. The average molecular weight is 232 g/mol. The van der Waals surface area contributed by atoms with Gasteiger partial charge < -0.3 is 10.1 Å². The molecular weight excluding hydrogens is 212 g/mol. The van der Waals surface area contributed by atoms with Crippen LogP contribution < -0.4 is 10.1 Å². The van der Waals surface area contributed by atoms with E-state index < -0.39 is 0 Å². The molecule has 0 saturated carbocycles. The van der Waals surface area contributed by atoms with Crippen LogP contribution in [0.1, 0.15) is 32.3 Å². The van der Waals surface area contributed by atoms with Gasteiger partial charge in [-0.25, -0.2) is 0 Å². The van der Waals surface area contributed by atoms with Crippen LogP contribution in [0.2, 0.25) is 0 Å². The first kappa shape index (κ1) is 13.5. The van der Waals surface area contributed by atoms with Crippen molar-refractivity contribution in [1.29, 1.82) is 5.26 Å². The fraction of sp³-hybridized carbons (Fsp3) is 0.500. The normalized spacial score (nSPS) is 10.2. The highest BCUT2D eigenvalue weighted by Gasteiger charge is 2.06. The standard InChI is InChI=1S/C14H20N2O/c1-3-13(4-2)16-11-12-7-5-6-8-14(12)17-10-9-15/h5-8,13,16H,3-4,10-11H2,1-2H3. The molecule has 0 aliphatic carbocycles. The van der Waals surface area contributed by atoms with E-state index in [2.05, 4.69) is 19.2 Å². The highest BCUT2D eigenvalue weighted by molar-refractivity contribution is 5.33. The first-order valence-electron chi connectivity index (χ1n) is 6.12. The Hall–Kier alpha value is -1.53. The Morgan fingerprint density at radius 3 is 2.65 bits per heavy atom. The van der Waals surface area contributed by atoms with Crippen molar-refractivity contribution in [3.63, 3.8) is 0 Å². The highest BCUT2D eigenvalue weighted by Crippen LogP contribution is 2.17. The van der Waals surface area contributed by atoms with E-state index in [1.165, 1.54) is 0 Å². The fourth-order valence-electron chi connectivity index (χ4n) is 1.73. The van der Waals surface area contributed by atoms with Gasteiger partial charge in [0, 0.05) is 18.2 Å². The van der Waals surface area contributed by atoms with Crippen molar-refractivity contribution in [3.05, 3.63) is 29.8 Å². The summed E-state index contributed by atoms with van der Waals surface area (Å²) in [6.07, 6.45) is 2.25. The van der Waals surface area contributed by atoms with Crippen molar-refractivity contribution in [1.82, 2.24) is 5.32 Å². The molecular formula is C14H20N2O. The minimum atomic E-state index is 0.0992. The number of ether oxygens (including phenoxy) is 1. The van der Waals surface area contributed by atoms with Crippen molar-refractivity contribution in [2.24, 2.45) is 0 Å². The summed E-state index contributed by atoms with van der Waals surface area (Å²) in [4.78, 5) is 0. The largest absolute Gasteiger partial charge is 0.478 e. The molecule has 1 aromatic carbocycles. The van der Waals surface area contributed by atoms with Gasteiger partial charge in [-0.3, -0.25) is 0 Å². The van der Waals surface area contributed by atoms with Crippen LogP contribution in [0.25, 0.3) is 0 Å². The maximum atomic E-state index is 8.52. The zero-order valence-electron chi connectivity index (χ0n) is 10.6. The molecule has 0 aliphatic rings. The molecule has 1 aromatic rings. The highest BCUT2D eigenvalue weighted by atomic mass is 16.5. The van der Waals surface area contributed by atoms with E-state index in [9.17, 15) is 0 Å². The van der Waals surface area contributed by atoms with E-state index in [0.717, 1.165) is 30.7 Å². The minimum Gasteiger partial charge on any atom is -0.478 e.